The van der Waals surface area contributed by atoms with Gasteiger partial charge in [-0.3, -0.25) is 0 Å². The van der Waals surface area contributed by atoms with Crippen LogP contribution in [-0.4, -0.2) is 23.9 Å². The number of hydrogen-bond acceptors (Lipinski definition) is 3. The van der Waals surface area contributed by atoms with E-state index < -0.39 is 5.54 Å². The van der Waals surface area contributed by atoms with Crippen LogP contribution in [0.1, 0.15) is 31.7 Å². The molecular formula is C14H22FNO2. The lowest BCUT2D eigenvalue weighted by Crippen LogP contribution is -2.43. The average molecular weight is 255 g/mol. The highest BCUT2D eigenvalue weighted by Crippen LogP contribution is 2.19. The molecule has 0 radical (unpaired) electrons. The summed E-state index contributed by atoms with van der Waals surface area (Å²) in [5, 5.41) is 9.16. The second-order valence-corrected chi connectivity index (χ2v) is 4.76. The molecule has 0 saturated heterocycles. The van der Waals surface area contributed by atoms with Crippen molar-refractivity contribution in [1.82, 2.24) is 0 Å². The Bertz CT molecular complexity index is 378. The van der Waals surface area contributed by atoms with E-state index >= 15 is 0 Å². The van der Waals surface area contributed by atoms with E-state index in [0.717, 1.165) is 5.56 Å². The minimum atomic E-state index is -0.547. The molecule has 1 unspecified atom stereocenters. The van der Waals surface area contributed by atoms with Gasteiger partial charge in [0.2, 0.25) is 0 Å². The number of aliphatic hydroxyl groups is 1. The molecule has 0 heterocycles. The van der Waals surface area contributed by atoms with Crippen LogP contribution in [-0.2, 0) is 0 Å². The summed E-state index contributed by atoms with van der Waals surface area (Å²) in [6.45, 7) is 4.19. The lowest BCUT2D eigenvalue weighted by molar-refractivity contribution is 0.171. The van der Waals surface area contributed by atoms with Crippen LogP contribution in [0.3, 0.4) is 0 Å². The summed E-state index contributed by atoms with van der Waals surface area (Å²) < 4.78 is 18.8. The SMILES string of the molecule is CCC(N)(CO)CCCOc1cc(C)ccc1F. The first kappa shape index (κ1) is 14.9. The van der Waals surface area contributed by atoms with Crippen molar-refractivity contribution in [2.45, 2.75) is 38.6 Å². The first-order chi connectivity index (χ1) is 8.50. The zero-order chi connectivity index (χ0) is 13.6. The van der Waals surface area contributed by atoms with Crippen LogP contribution in [0.2, 0.25) is 0 Å². The Morgan fingerprint density at radius 3 is 2.78 bits per heavy atom. The molecule has 0 aliphatic rings. The van der Waals surface area contributed by atoms with Crippen molar-refractivity contribution in [2.24, 2.45) is 5.73 Å². The number of nitrogens with two attached hydrogens (primary N) is 1. The topological polar surface area (TPSA) is 55.5 Å². The number of benzene rings is 1. The van der Waals surface area contributed by atoms with Gasteiger partial charge in [-0.2, -0.15) is 0 Å². The van der Waals surface area contributed by atoms with Crippen molar-refractivity contribution in [1.29, 1.82) is 0 Å². The standard InChI is InChI=1S/C14H22FNO2/c1-3-14(16,10-17)7-4-8-18-13-9-11(2)5-6-12(13)15/h5-6,9,17H,3-4,7-8,10,16H2,1-2H3. The predicted molar refractivity (Wildman–Crippen MR) is 70.2 cm³/mol. The van der Waals surface area contributed by atoms with Gasteiger partial charge in [-0.1, -0.05) is 13.0 Å². The van der Waals surface area contributed by atoms with E-state index in [2.05, 4.69) is 0 Å². The molecule has 18 heavy (non-hydrogen) atoms. The number of aryl methyl sites for hydroxylation is 1. The first-order valence-corrected chi connectivity index (χ1v) is 6.29. The molecule has 0 aromatic heterocycles. The van der Waals surface area contributed by atoms with Gasteiger partial charge in [-0.05, 0) is 43.9 Å². The molecule has 3 nitrogen and oxygen atoms in total. The molecule has 0 bridgehead atoms. The average Bonchev–Trinajstić information content (AvgIpc) is 2.38. The van der Waals surface area contributed by atoms with E-state index in [1.165, 1.54) is 6.07 Å². The molecule has 1 aromatic rings. The molecule has 1 rings (SSSR count). The molecule has 0 spiro atoms. The molecule has 1 aromatic carbocycles. The molecular weight excluding hydrogens is 233 g/mol. The van der Waals surface area contributed by atoms with E-state index in [9.17, 15) is 4.39 Å². The highest BCUT2D eigenvalue weighted by molar-refractivity contribution is 5.29. The largest absolute Gasteiger partial charge is 0.491 e. The van der Waals surface area contributed by atoms with E-state index in [1.807, 2.05) is 13.8 Å². The molecule has 0 aliphatic heterocycles. The lowest BCUT2D eigenvalue weighted by Gasteiger charge is -2.25. The Kier molecular flexibility index (Phi) is 5.56. The third-order valence-corrected chi connectivity index (χ3v) is 3.18. The van der Waals surface area contributed by atoms with Crippen molar-refractivity contribution in [3.05, 3.63) is 29.6 Å². The van der Waals surface area contributed by atoms with Gasteiger partial charge in [0.15, 0.2) is 11.6 Å². The summed E-state index contributed by atoms with van der Waals surface area (Å²) in [6.07, 6.45) is 2.06. The fraction of sp³-hybridized carbons (Fsp3) is 0.571. The summed E-state index contributed by atoms with van der Waals surface area (Å²) in [4.78, 5) is 0. The lowest BCUT2D eigenvalue weighted by atomic mass is 9.93. The number of ether oxygens (including phenoxy) is 1. The van der Waals surface area contributed by atoms with Crippen LogP contribution < -0.4 is 10.5 Å². The van der Waals surface area contributed by atoms with Gasteiger partial charge in [-0.15, -0.1) is 0 Å². The van der Waals surface area contributed by atoms with E-state index in [1.54, 1.807) is 12.1 Å². The maximum absolute atomic E-state index is 13.4. The van der Waals surface area contributed by atoms with Crippen molar-refractivity contribution >= 4 is 0 Å². The minimum absolute atomic E-state index is 0.0394. The van der Waals surface area contributed by atoms with Crippen LogP contribution in [0.25, 0.3) is 0 Å². The molecule has 3 N–H and O–H groups in total. The van der Waals surface area contributed by atoms with Crippen LogP contribution in [0.15, 0.2) is 18.2 Å². The second kappa shape index (κ2) is 6.71. The van der Waals surface area contributed by atoms with Crippen LogP contribution in [0.5, 0.6) is 5.75 Å². The Balaban J connectivity index is 2.40. The van der Waals surface area contributed by atoms with Gasteiger partial charge in [0.05, 0.1) is 13.2 Å². The Labute approximate surface area is 108 Å². The minimum Gasteiger partial charge on any atom is -0.491 e. The molecule has 102 valence electrons. The summed E-state index contributed by atoms with van der Waals surface area (Å²) in [6, 6.07) is 4.78. The van der Waals surface area contributed by atoms with E-state index in [0.29, 0.717) is 25.9 Å². The van der Waals surface area contributed by atoms with Crippen LogP contribution >= 0.6 is 0 Å². The fourth-order valence-electron chi connectivity index (χ4n) is 1.70. The van der Waals surface area contributed by atoms with Gasteiger partial charge < -0.3 is 15.6 Å². The van der Waals surface area contributed by atoms with Crippen molar-refractivity contribution in [3.8, 4) is 5.75 Å². The zero-order valence-corrected chi connectivity index (χ0v) is 11.1. The summed E-state index contributed by atoms with van der Waals surface area (Å²) in [5.74, 6) is -0.0737. The number of aliphatic hydroxyl groups excluding tert-OH is 1. The van der Waals surface area contributed by atoms with Gasteiger partial charge in [0.1, 0.15) is 0 Å². The maximum Gasteiger partial charge on any atom is 0.165 e. The third-order valence-electron chi connectivity index (χ3n) is 3.18. The Morgan fingerprint density at radius 2 is 2.17 bits per heavy atom. The van der Waals surface area contributed by atoms with Crippen molar-refractivity contribution in [3.63, 3.8) is 0 Å². The molecule has 0 fully saturated rings. The molecule has 4 heteroatoms. The first-order valence-electron chi connectivity index (χ1n) is 6.29. The van der Waals surface area contributed by atoms with Gasteiger partial charge in [0.25, 0.3) is 0 Å². The Morgan fingerprint density at radius 1 is 1.44 bits per heavy atom. The summed E-state index contributed by atoms with van der Waals surface area (Å²) in [5.41, 5.74) is 6.36. The number of rotatable bonds is 7. The monoisotopic (exact) mass is 255 g/mol. The van der Waals surface area contributed by atoms with Gasteiger partial charge in [0, 0.05) is 5.54 Å². The Hall–Kier alpha value is -1.13. The summed E-state index contributed by atoms with van der Waals surface area (Å²) in [7, 11) is 0. The van der Waals surface area contributed by atoms with Crippen LogP contribution in [0, 0.1) is 12.7 Å². The van der Waals surface area contributed by atoms with Gasteiger partial charge >= 0.3 is 0 Å². The number of halogens is 1. The normalized spacial score (nSPS) is 14.3. The smallest absolute Gasteiger partial charge is 0.165 e. The summed E-state index contributed by atoms with van der Waals surface area (Å²) >= 11 is 0. The maximum atomic E-state index is 13.4. The molecule has 1 atom stereocenters. The molecule has 0 amide bonds. The molecule has 0 saturated carbocycles. The van der Waals surface area contributed by atoms with Crippen molar-refractivity contribution < 1.29 is 14.2 Å². The third kappa shape index (κ3) is 4.27. The molecule has 0 aliphatic carbocycles. The van der Waals surface area contributed by atoms with Crippen LogP contribution in [0.4, 0.5) is 4.39 Å². The highest BCUT2D eigenvalue weighted by Gasteiger charge is 2.20. The van der Waals surface area contributed by atoms with E-state index in [4.69, 9.17) is 15.6 Å². The quantitative estimate of drug-likeness (QED) is 0.736. The fourth-order valence-corrected chi connectivity index (χ4v) is 1.70. The number of hydrogen-bond donors (Lipinski definition) is 2. The van der Waals surface area contributed by atoms with E-state index in [-0.39, 0.29) is 18.2 Å². The van der Waals surface area contributed by atoms with Crippen molar-refractivity contribution in [2.75, 3.05) is 13.2 Å². The second-order valence-electron chi connectivity index (χ2n) is 4.76. The predicted octanol–water partition coefficient (Wildman–Crippen LogP) is 2.39. The highest BCUT2D eigenvalue weighted by atomic mass is 19.1. The zero-order valence-electron chi connectivity index (χ0n) is 11.1. The van der Waals surface area contributed by atoms with Gasteiger partial charge in [-0.25, -0.2) is 4.39 Å².